The molecule has 0 saturated heterocycles. The lowest BCUT2D eigenvalue weighted by Crippen LogP contribution is -2.35. The van der Waals surface area contributed by atoms with E-state index < -0.39 is 19.0 Å². The molecular formula is C11H17F4N3O. The summed E-state index contributed by atoms with van der Waals surface area (Å²) in [4.78, 5) is 0. The smallest absolute Gasteiger partial charge is 0.330 e. The first kappa shape index (κ1) is 15.9. The first-order chi connectivity index (χ1) is 8.88. The van der Waals surface area contributed by atoms with Crippen LogP contribution >= 0.6 is 0 Å². The lowest BCUT2D eigenvalue weighted by atomic mass is 10.2. The third-order valence-electron chi connectivity index (χ3n) is 2.56. The molecule has 8 heteroatoms. The molecule has 0 aliphatic rings. The molecule has 1 atom stereocenters. The van der Waals surface area contributed by atoms with Crippen molar-refractivity contribution in [3.05, 3.63) is 18.0 Å². The van der Waals surface area contributed by atoms with E-state index in [0.717, 1.165) is 5.69 Å². The quantitative estimate of drug-likeness (QED) is 0.742. The van der Waals surface area contributed by atoms with E-state index in [2.05, 4.69) is 10.4 Å². The molecule has 1 unspecified atom stereocenters. The summed E-state index contributed by atoms with van der Waals surface area (Å²) in [5.41, 5.74) is 0.738. The number of likely N-dealkylation sites (N-methyl/N-ethyl adjacent to an activating group) is 1. The van der Waals surface area contributed by atoms with Gasteiger partial charge in [0.2, 0.25) is 0 Å². The zero-order valence-electron chi connectivity index (χ0n) is 10.7. The number of hydrogen-bond acceptors (Lipinski definition) is 3. The number of nitrogens with zero attached hydrogens (tertiary/aromatic N) is 2. The molecule has 4 nitrogen and oxygen atoms in total. The predicted molar refractivity (Wildman–Crippen MR) is 61.4 cm³/mol. The van der Waals surface area contributed by atoms with Crippen molar-refractivity contribution in [3.63, 3.8) is 0 Å². The molecule has 0 aromatic carbocycles. The normalized spacial score (nSPS) is 14.1. The van der Waals surface area contributed by atoms with Crippen molar-refractivity contribution in [1.82, 2.24) is 15.1 Å². The highest BCUT2D eigenvalue weighted by atomic mass is 19.3. The SMILES string of the molecule is CCNC(COCC(F)(F)C(F)F)c1ccnn1C. The number of ether oxygens (including phenoxy) is 1. The summed E-state index contributed by atoms with van der Waals surface area (Å²) in [5, 5.41) is 6.98. The summed E-state index contributed by atoms with van der Waals surface area (Å²) in [6.45, 7) is 1.00. The van der Waals surface area contributed by atoms with Gasteiger partial charge in [-0.3, -0.25) is 4.68 Å². The number of nitrogens with one attached hydrogen (secondary N) is 1. The minimum Gasteiger partial charge on any atom is -0.373 e. The number of hydrogen-bond donors (Lipinski definition) is 1. The van der Waals surface area contributed by atoms with Crippen molar-refractivity contribution in [2.24, 2.45) is 7.05 Å². The Labute approximate surface area is 108 Å². The summed E-state index contributed by atoms with van der Waals surface area (Å²) in [6, 6.07) is 1.34. The molecule has 1 heterocycles. The van der Waals surface area contributed by atoms with Gasteiger partial charge in [-0.1, -0.05) is 6.92 Å². The first-order valence-corrected chi connectivity index (χ1v) is 5.83. The van der Waals surface area contributed by atoms with Crippen LogP contribution in [0.5, 0.6) is 0 Å². The zero-order valence-corrected chi connectivity index (χ0v) is 10.7. The summed E-state index contributed by atoms with van der Waals surface area (Å²) in [5.74, 6) is -4.12. The van der Waals surface area contributed by atoms with Gasteiger partial charge in [0.15, 0.2) is 0 Å². The molecule has 0 fully saturated rings. The van der Waals surface area contributed by atoms with Gasteiger partial charge in [0.25, 0.3) is 0 Å². The van der Waals surface area contributed by atoms with Gasteiger partial charge in [-0.2, -0.15) is 13.9 Å². The van der Waals surface area contributed by atoms with Gasteiger partial charge in [0.1, 0.15) is 6.61 Å². The topological polar surface area (TPSA) is 39.1 Å². The van der Waals surface area contributed by atoms with E-state index in [1.807, 2.05) is 6.92 Å². The number of aryl methyl sites for hydroxylation is 1. The van der Waals surface area contributed by atoms with Crippen LogP contribution in [0.3, 0.4) is 0 Å². The Morgan fingerprint density at radius 1 is 1.47 bits per heavy atom. The summed E-state index contributed by atoms with van der Waals surface area (Å²) in [6.07, 6.45) is -2.16. The fraction of sp³-hybridized carbons (Fsp3) is 0.727. The molecule has 0 aliphatic carbocycles. The second kappa shape index (κ2) is 6.85. The van der Waals surface area contributed by atoms with Crippen LogP contribution < -0.4 is 5.32 Å². The summed E-state index contributed by atoms with van der Waals surface area (Å²) < 4.78 is 55.6. The highest BCUT2D eigenvalue weighted by molar-refractivity contribution is 5.06. The minimum atomic E-state index is -4.12. The maximum Gasteiger partial charge on any atom is 0.330 e. The van der Waals surface area contributed by atoms with E-state index >= 15 is 0 Å². The molecule has 0 spiro atoms. The second-order valence-electron chi connectivity index (χ2n) is 4.07. The standard InChI is InChI=1S/C11H17F4N3O/c1-3-16-8(9-4-5-17-18(9)2)6-19-7-11(14,15)10(12)13/h4-5,8,10,16H,3,6-7H2,1-2H3. The Balaban J connectivity index is 2.54. The van der Waals surface area contributed by atoms with Crippen molar-refractivity contribution in [2.45, 2.75) is 25.3 Å². The van der Waals surface area contributed by atoms with E-state index in [9.17, 15) is 17.6 Å². The predicted octanol–water partition coefficient (Wildman–Crippen LogP) is 1.99. The van der Waals surface area contributed by atoms with Gasteiger partial charge in [0.05, 0.1) is 18.3 Å². The van der Waals surface area contributed by atoms with Gasteiger partial charge < -0.3 is 10.1 Å². The van der Waals surface area contributed by atoms with Gasteiger partial charge >= 0.3 is 12.3 Å². The fourth-order valence-electron chi connectivity index (χ4n) is 1.60. The van der Waals surface area contributed by atoms with Crippen molar-refractivity contribution in [1.29, 1.82) is 0 Å². The highest BCUT2D eigenvalue weighted by Gasteiger charge is 2.41. The molecule has 0 aliphatic heterocycles. The van der Waals surface area contributed by atoms with Crippen LogP contribution in [0.1, 0.15) is 18.7 Å². The zero-order chi connectivity index (χ0) is 14.5. The highest BCUT2D eigenvalue weighted by Crippen LogP contribution is 2.23. The summed E-state index contributed by atoms with van der Waals surface area (Å²) in [7, 11) is 1.70. The monoisotopic (exact) mass is 283 g/mol. The average Bonchev–Trinajstić information content (AvgIpc) is 2.74. The molecule has 110 valence electrons. The molecule has 1 rings (SSSR count). The molecular weight excluding hydrogens is 266 g/mol. The van der Waals surface area contributed by atoms with Crippen LogP contribution in [0.4, 0.5) is 17.6 Å². The number of aromatic nitrogens is 2. The number of rotatable bonds is 8. The fourth-order valence-corrected chi connectivity index (χ4v) is 1.60. The van der Waals surface area contributed by atoms with Crippen LogP contribution in [0.2, 0.25) is 0 Å². The number of alkyl halides is 4. The van der Waals surface area contributed by atoms with E-state index in [0.29, 0.717) is 6.54 Å². The number of halogens is 4. The van der Waals surface area contributed by atoms with Crippen molar-refractivity contribution in [2.75, 3.05) is 19.8 Å². The summed E-state index contributed by atoms with van der Waals surface area (Å²) >= 11 is 0. The molecule has 1 aromatic heterocycles. The third-order valence-corrected chi connectivity index (χ3v) is 2.56. The Morgan fingerprint density at radius 2 is 2.16 bits per heavy atom. The van der Waals surface area contributed by atoms with Crippen LogP contribution in [-0.2, 0) is 11.8 Å². The Hall–Kier alpha value is -1.15. The Bertz CT molecular complexity index is 384. The first-order valence-electron chi connectivity index (χ1n) is 5.83. The van der Waals surface area contributed by atoms with Crippen LogP contribution in [0, 0.1) is 0 Å². The van der Waals surface area contributed by atoms with E-state index in [-0.39, 0.29) is 12.6 Å². The Kier molecular flexibility index (Phi) is 5.74. The van der Waals surface area contributed by atoms with Gasteiger partial charge in [-0.25, -0.2) is 8.78 Å². The molecule has 0 radical (unpaired) electrons. The second-order valence-corrected chi connectivity index (χ2v) is 4.07. The van der Waals surface area contributed by atoms with Crippen LogP contribution in [-0.4, -0.2) is 41.9 Å². The Morgan fingerprint density at radius 3 is 2.63 bits per heavy atom. The van der Waals surface area contributed by atoms with Crippen molar-refractivity contribution in [3.8, 4) is 0 Å². The largest absolute Gasteiger partial charge is 0.373 e. The van der Waals surface area contributed by atoms with Gasteiger partial charge in [-0.05, 0) is 12.6 Å². The molecule has 1 aromatic rings. The van der Waals surface area contributed by atoms with Gasteiger partial charge in [-0.15, -0.1) is 0 Å². The van der Waals surface area contributed by atoms with E-state index in [1.54, 1.807) is 24.0 Å². The average molecular weight is 283 g/mol. The van der Waals surface area contributed by atoms with Crippen molar-refractivity contribution < 1.29 is 22.3 Å². The molecule has 19 heavy (non-hydrogen) atoms. The van der Waals surface area contributed by atoms with Crippen molar-refractivity contribution >= 4 is 0 Å². The lowest BCUT2D eigenvalue weighted by molar-refractivity contribution is -0.167. The van der Waals surface area contributed by atoms with Crippen LogP contribution in [0.25, 0.3) is 0 Å². The maximum atomic E-state index is 12.7. The lowest BCUT2D eigenvalue weighted by Gasteiger charge is -2.20. The third kappa shape index (κ3) is 4.46. The molecule has 0 amide bonds. The molecule has 0 saturated carbocycles. The minimum absolute atomic E-state index is 0.129. The maximum absolute atomic E-state index is 12.7. The van der Waals surface area contributed by atoms with Crippen LogP contribution in [0.15, 0.2) is 12.3 Å². The molecule has 0 bridgehead atoms. The van der Waals surface area contributed by atoms with E-state index in [4.69, 9.17) is 4.74 Å². The van der Waals surface area contributed by atoms with Gasteiger partial charge in [0, 0.05) is 13.2 Å². The van der Waals surface area contributed by atoms with E-state index in [1.165, 1.54) is 0 Å². The molecule has 1 N–H and O–H groups in total.